The first-order valence-electron chi connectivity index (χ1n) is 10.2. The Morgan fingerprint density at radius 1 is 1.12 bits per heavy atom. The first-order chi connectivity index (χ1) is 15.9. The Morgan fingerprint density at radius 3 is 2.45 bits per heavy atom. The molecule has 0 aromatic heterocycles. The lowest BCUT2D eigenvalue weighted by Crippen LogP contribution is -2.32. The van der Waals surface area contributed by atoms with E-state index in [1.807, 2.05) is 0 Å². The van der Waals surface area contributed by atoms with Crippen molar-refractivity contribution in [1.29, 1.82) is 0 Å². The molecule has 0 radical (unpaired) electrons. The quantitative estimate of drug-likeness (QED) is 0.660. The first-order valence-corrected chi connectivity index (χ1v) is 11.1. The standard InChI is InChI=1S/C23H22N2O7S/c1-30-17-8-13-9-19(32-11-16(26)15(13)10-18(17)31-2)21(27)24-14-5-3-12(4-6-14)7-20-22(28)25-23(29)33-20/h3-6,8,10,19-20H,7,9,11H2,1-2H3,(H,24,27)(H,25,28,29). The number of imide groups is 1. The molecule has 9 nitrogen and oxygen atoms in total. The van der Waals surface area contributed by atoms with E-state index in [0.717, 1.165) is 17.3 Å². The number of fused-ring (bicyclic) bond motifs is 1. The lowest BCUT2D eigenvalue weighted by molar-refractivity contribution is -0.126. The van der Waals surface area contributed by atoms with Crippen LogP contribution in [0.3, 0.4) is 0 Å². The van der Waals surface area contributed by atoms with E-state index in [2.05, 4.69) is 10.6 Å². The van der Waals surface area contributed by atoms with Crippen molar-refractivity contribution in [2.24, 2.45) is 0 Å². The van der Waals surface area contributed by atoms with Crippen LogP contribution in [0.4, 0.5) is 10.5 Å². The van der Waals surface area contributed by atoms with E-state index in [-0.39, 0.29) is 35.9 Å². The van der Waals surface area contributed by atoms with Gasteiger partial charge in [-0.15, -0.1) is 0 Å². The van der Waals surface area contributed by atoms with Crippen LogP contribution in [0.5, 0.6) is 11.5 Å². The summed E-state index contributed by atoms with van der Waals surface area (Å²) in [6, 6.07) is 10.3. The van der Waals surface area contributed by atoms with Gasteiger partial charge < -0.3 is 19.5 Å². The van der Waals surface area contributed by atoms with Crippen molar-refractivity contribution in [2.45, 2.75) is 24.2 Å². The summed E-state index contributed by atoms with van der Waals surface area (Å²) in [6.07, 6.45) is -0.252. The Kier molecular flexibility index (Phi) is 6.66. The molecule has 172 valence electrons. The summed E-state index contributed by atoms with van der Waals surface area (Å²) in [7, 11) is 2.99. The maximum atomic E-state index is 12.9. The number of carbonyl (C=O) groups excluding carboxylic acids is 4. The van der Waals surface area contributed by atoms with Crippen LogP contribution in [-0.2, 0) is 27.2 Å². The molecule has 3 amide bonds. The number of carbonyl (C=O) groups is 4. The largest absolute Gasteiger partial charge is 0.493 e. The number of rotatable bonds is 6. The molecule has 0 aliphatic carbocycles. The summed E-state index contributed by atoms with van der Waals surface area (Å²) < 4.78 is 16.2. The minimum Gasteiger partial charge on any atom is -0.493 e. The smallest absolute Gasteiger partial charge is 0.286 e. The molecule has 2 aliphatic rings. The highest BCUT2D eigenvalue weighted by Gasteiger charge is 2.32. The number of benzene rings is 2. The third-order valence-corrected chi connectivity index (χ3v) is 6.41. The SMILES string of the molecule is COc1cc2c(cc1OC)C(=O)COC(C(=O)Nc1ccc(CC3SC(=O)NC3=O)cc1)C2. The number of methoxy groups -OCH3 is 2. The first kappa shape index (κ1) is 22.8. The van der Waals surface area contributed by atoms with Gasteiger partial charge in [0.05, 0.1) is 19.5 Å². The zero-order valence-electron chi connectivity index (χ0n) is 18.0. The van der Waals surface area contributed by atoms with Crippen LogP contribution in [-0.4, -0.2) is 55.0 Å². The van der Waals surface area contributed by atoms with Gasteiger partial charge in [0.2, 0.25) is 5.91 Å². The van der Waals surface area contributed by atoms with E-state index in [1.54, 1.807) is 36.4 Å². The second-order valence-electron chi connectivity index (χ2n) is 7.56. The van der Waals surface area contributed by atoms with Gasteiger partial charge in [0.1, 0.15) is 12.7 Å². The fraction of sp³-hybridized carbons (Fsp3) is 0.304. The van der Waals surface area contributed by atoms with E-state index >= 15 is 0 Å². The lowest BCUT2D eigenvalue weighted by Gasteiger charge is -2.16. The normalized spacial score (nSPS) is 20.0. The van der Waals surface area contributed by atoms with Crippen LogP contribution in [0.25, 0.3) is 0 Å². The van der Waals surface area contributed by atoms with E-state index < -0.39 is 11.4 Å². The Bertz CT molecular complexity index is 1120. The van der Waals surface area contributed by atoms with Crippen molar-refractivity contribution in [1.82, 2.24) is 5.32 Å². The third kappa shape index (κ3) is 5.01. The molecule has 0 bridgehead atoms. The van der Waals surface area contributed by atoms with Gasteiger partial charge in [0.25, 0.3) is 11.1 Å². The molecule has 10 heteroatoms. The van der Waals surface area contributed by atoms with Gasteiger partial charge in [-0.1, -0.05) is 23.9 Å². The third-order valence-electron chi connectivity index (χ3n) is 5.43. The highest BCUT2D eigenvalue weighted by atomic mass is 32.2. The Morgan fingerprint density at radius 2 is 1.82 bits per heavy atom. The Balaban J connectivity index is 1.44. The van der Waals surface area contributed by atoms with Gasteiger partial charge in [-0.05, 0) is 41.8 Å². The zero-order valence-corrected chi connectivity index (χ0v) is 18.8. The van der Waals surface area contributed by atoms with Crippen molar-refractivity contribution in [3.63, 3.8) is 0 Å². The maximum Gasteiger partial charge on any atom is 0.286 e. The summed E-state index contributed by atoms with van der Waals surface area (Å²) in [5, 5.41) is 4.28. The number of nitrogens with one attached hydrogen (secondary N) is 2. The van der Waals surface area contributed by atoms with Gasteiger partial charge >= 0.3 is 0 Å². The molecule has 1 saturated heterocycles. The minimum atomic E-state index is -0.863. The van der Waals surface area contributed by atoms with Crippen molar-refractivity contribution in [3.05, 3.63) is 53.1 Å². The van der Waals surface area contributed by atoms with Crippen molar-refractivity contribution in [2.75, 3.05) is 26.1 Å². The van der Waals surface area contributed by atoms with Crippen LogP contribution in [0.2, 0.25) is 0 Å². The summed E-state index contributed by atoms with van der Waals surface area (Å²) in [6.45, 7) is -0.223. The molecule has 2 N–H and O–H groups in total. The molecule has 2 unspecified atom stereocenters. The number of ether oxygens (including phenoxy) is 3. The second kappa shape index (κ2) is 9.63. The lowest BCUT2D eigenvalue weighted by atomic mass is 9.98. The van der Waals surface area contributed by atoms with Gasteiger partial charge in [0.15, 0.2) is 17.3 Å². The molecule has 33 heavy (non-hydrogen) atoms. The summed E-state index contributed by atoms with van der Waals surface area (Å²) in [5.41, 5.74) is 2.50. The zero-order chi connectivity index (χ0) is 23.5. The number of amides is 3. The highest BCUT2D eigenvalue weighted by Crippen LogP contribution is 2.33. The number of hydrogen-bond donors (Lipinski definition) is 2. The van der Waals surface area contributed by atoms with Crippen LogP contribution >= 0.6 is 11.8 Å². The molecule has 2 atom stereocenters. The maximum absolute atomic E-state index is 12.9. The molecule has 1 fully saturated rings. The van der Waals surface area contributed by atoms with Crippen molar-refractivity contribution in [3.8, 4) is 11.5 Å². The van der Waals surface area contributed by atoms with Crippen LogP contribution in [0.1, 0.15) is 21.5 Å². The summed E-state index contributed by atoms with van der Waals surface area (Å²) >= 11 is 0.973. The molecule has 0 spiro atoms. The van der Waals surface area contributed by atoms with Gasteiger partial charge in [-0.2, -0.15) is 0 Å². The average Bonchev–Trinajstić information content (AvgIpc) is 3.03. The predicted molar refractivity (Wildman–Crippen MR) is 121 cm³/mol. The molecular weight excluding hydrogens is 448 g/mol. The van der Waals surface area contributed by atoms with Gasteiger partial charge in [0, 0.05) is 17.7 Å². The topological polar surface area (TPSA) is 120 Å². The summed E-state index contributed by atoms with van der Waals surface area (Å²) in [5.74, 6) is -0.00803. The molecule has 2 aromatic carbocycles. The fourth-order valence-electron chi connectivity index (χ4n) is 3.72. The monoisotopic (exact) mass is 470 g/mol. The van der Waals surface area contributed by atoms with Gasteiger partial charge in [-0.3, -0.25) is 24.5 Å². The Hall–Kier alpha value is -3.37. The van der Waals surface area contributed by atoms with Crippen LogP contribution < -0.4 is 20.1 Å². The van der Waals surface area contributed by atoms with Crippen LogP contribution in [0, 0.1) is 0 Å². The van der Waals surface area contributed by atoms with Crippen molar-refractivity contribution >= 4 is 40.3 Å². The molecular formula is C23H22N2O7S. The fourth-order valence-corrected chi connectivity index (χ4v) is 4.58. The molecule has 2 aromatic rings. The molecule has 0 saturated carbocycles. The van der Waals surface area contributed by atoms with E-state index in [0.29, 0.717) is 34.7 Å². The number of Topliss-reactive ketones (excluding diaryl/α,β-unsaturated/α-hetero) is 1. The molecule has 2 aliphatic heterocycles. The minimum absolute atomic E-state index is 0.202. The molecule has 4 rings (SSSR count). The van der Waals surface area contributed by atoms with E-state index in [1.165, 1.54) is 14.2 Å². The molecule has 2 heterocycles. The second-order valence-corrected chi connectivity index (χ2v) is 8.74. The predicted octanol–water partition coefficient (Wildman–Crippen LogP) is 2.36. The van der Waals surface area contributed by atoms with Gasteiger partial charge in [-0.25, -0.2) is 0 Å². The van der Waals surface area contributed by atoms with Crippen LogP contribution in [0.15, 0.2) is 36.4 Å². The van der Waals surface area contributed by atoms with E-state index in [4.69, 9.17) is 14.2 Å². The number of ketones is 1. The van der Waals surface area contributed by atoms with E-state index in [9.17, 15) is 19.2 Å². The number of anilines is 1. The average molecular weight is 471 g/mol. The Labute approximate surface area is 194 Å². The number of thioether (sulfide) groups is 1. The number of hydrogen-bond acceptors (Lipinski definition) is 8. The highest BCUT2D eigenvalue weighted by molar-refractivity contribution is 8.15. The van der Waals surface area contributed by atoms with Crippen molar-refractivity contribution < 1.29 is 33.4 Å². The summed E-state index contributed by atoms with van der Waals surface area (Å²) in [4.78, 5) is 48.4.